The Hall–Kier alpha value is -2.93. The van der Waals surface area contributed by atoms with Crippen LogP contribution in [0.15, 0.2) is 58.1 Å². The molecule has 34 heavy (non-hydrogen) atoms. The summed E-state index contributed by atoms with van der Waals surface area (Å²) in [5.74, 6) is 2.11. The van der Waals surface area contributed by atoms with Crippen LogP contribution in [-0.4, -0.2) is 47.0 Å². The molecule has 1 aromatic carbocycles. The van der Waals surface area contributed by atoms with Crippen molar-refractivity contribution in [3.63, 3.8) is 0 Å². The van der Waals surface area contributed by atoms with Crippen LogP contribution in [0.1, 0.15) is 44.1 Å². The van der Waals surface area contributed by atoms with Crippen molar-refractivity contribution in [2.75, 3.05) is 37.7 Å². The minimum atomic E-state index is -0.0758. The van der Waals surface area contributed by atoms with Crippen molar-refractivity contribution in [3.8, 4) is 11.4 Å². The molecule has 1 saturated carbocycles. The lowest BCUT2D eigenvalue weighted by molar-refractivity contribution is 0.238. The molecule has 5 rings (SSSR count). The van der Waals surface area contributed by atoms with Gasteiger partial charge < -0.3 is 14.1 Å². The SMILES string of the molecule is Cn1c(N2CCN(Cc3ccoc3)CC2)c(OCCC2CCCCC2)c(=O)n1-c1ccccc1. The van der Waals surface area contributed by atoms with E-state index in [9.17, 15) is 4.79 Å². The van der Waals surface area contributed by atoms with Gasteiger partial charge in [-0.25, -0.2) is 4.68 Å². The molecule has 2 aliphatic rings. The second-order valence-electron chi connectivity index (χ2n) is 9.66. The zero-order valence-corrected chi connectivity index (χ0v) is 20.2. The molecule has 1 aliphatic heterocycles. The van der Waals surface area contributed by atoms with Crippen molar-refractivity contribution >= 4 is 5.82 Å². The van der Waals surface area contributed by atoms with E-state index >= 15 is 0 Å². The highest BCUT2D eigenvalue weighted by Crippen LogP contribution is 2.30. The Morgan fingerprint density at radius 1 is 1.00 bits per heavy atom. The van der Waals surface area contributed by atoms with Crippen LogP contribution in [0, 0.1) is 5.92 Å². The number of rotatable bonds is 8. The first-order chi connectivity index (χ1) is 16.7. The van der Waals surface area contributed by atoms with Crippen LogP contribution in [-0.2, 0) is 13.6 Å². The number of hydrogen-bond donors (Lipinski definition) is 0. The number of aromatic nitrogens is 2. The van der Waals surface area contributed by atoms with Crippen LogP contribution in [0.5, 0.6) is 5.75 Å². The fourth-order valence-electron chi connectivity index (χ4n) is 5.47. The van der Waals surface area contributed by atoms with E-state index in [-0.39, 0.29) is 5.56 Å². The predicted molar refractivity (Wildman–Crippen MR) is 134 cm³/mol. The number of benzene rings is 1. The molecule has 3 aromatic rings. The lowest BCUT2D eigenvalue weighted by Crippen LogP contribution is -2.46. The molecule has 182 valence electrons. The zero-order chi connectivity index (χ0) is 23.3. The van der Waals surface area contributed by atoms with E-state index < -0.39 is 0 Å². The molecule has 3 heterocycles. The number of piperazine rings is 1. The van der Waals surface area contributed by atoms with Crippen molar-refractivity contribution in [1.29, 1.82) is 0 Å². The molecule has 0 bridgehead atoms. The van der Waals surface area contributed by atoms with Gasteiger partial charge in [0.15, 0.2) is 5.82 Å². The van der Waals surface area contributed by atoms with Crippen molar-refractivity contribution in [3.05, 3.63) is 64.8 Å². The Bertz CT molecular complexity index is 1090. The van der Waals surface area contributed by atoms with Crippen molar-refractivity contribution in [1.82, 2.24) is 14.3 Å². The topological polar surface area (TPSA) is 55.8 Å². The third kappa shape index (κ3) is 4.94. The molecule has 0 amide bonds. The summed E-state index contributed by atoms with van der Waals surface area (Å²) < 4.78 is 15.2. The smallest absolute Gasteiger partial charge is 0.316 e. The minimum Gasteiger partial charge on any atom is -0.485 e. The van der Waals surface area contributed by atoms with E-state index in [1.54, 1.807) is 10.9 Å². The zero-order valence-electron chi connectivity index (χ0n) is 20.2. The Balaban J connectivity index is 1.35. The summed E-state index contributed by atoms with van der Waals surface area (Å²) in [4.78, 5) is 18.3. The van der Waals surface area contributed by atoms with E-state index in [2.05, 4.69) is 9.80 Å². The molecule has 0 radical (unpaired) electrons. The van der Waals surface area contributed by atoms with Gasteiger partial charge in [0.2, 0.25) is 5.75 Å². The highest BCUT2D eigenvalue weighted by Gasteiger charge is 2.28. The third-order valence-electron chi connectivity index (χ3n) is 7.35. The highest BCUT2D eigenvalue weighted by atomic mass is 16.5. The van der Waals surface area contributed by atoms with Gasteiger partial charge in [0.1, 0.15) is 0 Å². The molecule has 0 atom stereocenters. The maximum Gasteiger partial charge on any atom is 0.316 e. The van der Waals surface area contributed by atoms with E-state index in [0.717, 1.165) is 56.6 Å². The Kier molecular flexibility index (Phi) is 7.09. The molecule has 0 N–H and O–H groups in total. The maximum atomic E-state index is 13.6. The second kappa shape index (κ2) is 10.6. The Morgan fingerprint density at radius 2 is 1.76 bits per heavy atom. The average molecular weight is 465 g/mol. The molecular weight excluding hydrogens is 428 g/mol. The molecule has 2 fully saturated rings. The number of nitrogens with zero attached hydrogens (tertiary/aromatic N) is 4. The maximum absolute atomic E-state index is 13.6. The van der Waals surface area contributed by atoms with Crippen LogP contribution in [0.2, 0.25) is 0 Å². The molecule has 1 aliphatic carbocycles. The molecule has 7 nitrogen and oxygen atoms in total. The van der Waals surface area contributed by atoms with Crippen LogP contribution in [0.3, 0.4) is 0 Å². The fourth-order valence-corrected chi connectivity index (χ4v) is 5.47. The molecule has 0 unspecified atom stereocenters. The van der Waals surface area contributed by atoms with E-state index in [1.165, 1.54) is 37.7 Å². The molecule has 7 heteroatoms. The van der Waals surface area contributed by atoms with Gasteiger partial charge in [-0.1, -0.05) is 50.3 Å². The lowest BCUT2D eigenvalue weighted by Gasteiger charge is -2.36. The molecule has 0 spiro atoms. The van der Waals surface area contributed by atoms with E-state index in [1.807, 2.05) is 54.4 Å². The first-order valence-electron chi connectivity index (χ1n) is 12.7. The summed E-state index contributed by atoms with van der Waals surface area (Å²) in [6.45, 7) is 5.05. The van der Waals surface area contributed by atoms with Crippen molar-refractivity contribution in [2.45, 2.75) is 45.1 Å². The minimum absolute atomic E-state index is 0.0758. The average Bonchev–Trinajstić information content (AvgIpc) is 3.47. The van der Waals surface area contributed by atoms with Gasteiger partial charge in [0.25, 0.3) is 0 Å². The molecule has 1 saturated heterocycles. The first-order valence-corrected chi connectivity index (χ1v) is 12.7. The summed E-state index contributed by atoms with van der Waals surface area (Å²) in [5, 5.41) is 0. The summed E-state index contributed by atoms with van der Waals surface area (Å²) >= 11 is 0. The van der Waals surface area contributed by atoms with E-state index in [0.29, 0.717) is 12.4 Å². The third-order valence-corrected chi connectivity index (χ3v) is 7.35. The first kappa shape index (κ1) is 22.8. The number of ether oxygens (including phenoxy) is 1. The van der Waals surface area contributed by atoms with Gasteiger partial charge in [0, 0.05) is 45.3 Å². The summed E-state index contributed by atoms with van der Waals surface area (Å²) in [6, 6.07) is 11.9. The Morgan fingerprint density at radius 3 is 2.47 bits per heavy atom. The molecular formula is C27H36N4O3. The van der Waals surface area contributed by atoms with Crippen molar-refractivity contribution in [2.24, 2.45) is 13.0 Å². The fraction of sp³-hybridized carbons (Fsp3) is 0.519. The number of hydrogen-bond acceptors (Lipinski definition) is 5. The largest absolute Gasteiger partial charge is 0.485 e. The van der Waals surface area contributed by atoms with Crippen LogP contribution in [0.25, 0.3) is 5.69 Å². The quantitative estimate of drug-likeness (QED) is 0.493. The number of furan rings is 1. The van der Waals surface area contributed by atoms with Gasteiger partial charge in [-0.2, -0.15) is 0 Å². The summed E-state index contributed by atoms with van der Waals surface area (Å²) in [5.41, 5.74) is 1.98. The van der Waals surface area contributed by atoms with Gasteiger partial charge in [-0.05, 0) is 30.5 Å². The molecule has 2 aromatic heterocycles. The van der Waals surface area contributed by atoms with Gasteiger partial charge in [0.05, 0.1) is 24.8 Å². The number of para-hydroxylation sites is 1. The van der Waals surface area contributed by atoms with Crippen LogP contribution < -0.4 is 15.2 Å². The predicted octanol–water partition coefficient (Wildman–Crippen LogP) is 4.44. The Labute approximate surface area is 201 Å². The lowest BCUT2D eigenvalue weighted by atomic mass is 9.87. The van der Waals surface area contributed by atoms with E-state index in [4.69, 9.17) is 9.15 Å². The van der Waals surface area contributed by atoms with Gasteiger partial charge in [-0.3, -0.25) is 14.4 Å². The van der Waals surface area contributed by atoms with Gasteiger partial charge in [-0.15, -0.1) is 0 Å². The number of anilines is 1. The summed E-state index contributed by atoms with van der Waals surface area (Å²) in [6.07, 6.45) is 11.1. The summed E-state index contributed by atoms with van der Waals surface area (Å²) in [7, 11) is 1.97. The second-order valence-corrected chi connectivity index (χ2v) is 9.66. The normalized spacial score (nSPS) is 17.9. The highest BCUT2D eigenvalue weighted by molar-refractivity contribution is 5.55. The monoisotopic (exact) mass is 464 g/mol. The van der Waals surface area contributed by atoms with Gasteiger partial charge >= 0.3 is 5.56 Å². The standard InChI is InChI=1S/C27H36N4O3/c1-28-26(30-16-14-29(15-17-30)20-23-12-18-33-21-23)25(34-19-13-22-8-4-2-5-9-22)27(32)31(28)24-10-6-3-7-11-24/h3,6-7,10-12,18,21-22H,2,4-5,8-9,13-17,19-20H2,1H3. The van der Waals surface area contributed by atoms with Crippen LogP contribution >= 0.6 is 0 Å². The van der Waals surface area contributed by atoms with Crippen LogP contribution in [0.4, 0.5) is 5.82 Å². The van der Waals surface area contributed by atoms with Crippen molar-refractivity contribution < 1.29 is 9.15 Å².